The maximum absolute atomic E-state index is 12.5. The average Bonchev–Trinajstić information content (AvgIpc) is 2.10. The van der Waals surface area contributed by atoms with Gasteiger partial charge in [0.15, 0.2) is 0 Å². The number of hydrogen-bond donors (Lipinski definition) is 2. The van der Waals surface area contributed by atoms with Crippen LogP contribution >= 0.6 is 0 Å². The van der Waals surface area contributed by atoms with Crippen LogP contribution in [0.5, 0.6) is 0 Å². The van der Waals surface area contributed by atoms with Crippen molar-refractivity contribution in [3.8, 4) is 0 Å². The molecule has 1 aliphatic rings. The van der Waals surface area contributed by atoms with Gasteiger partial charge in [0.05, 0.1) is 0 Å². The number of amides is 1. The van der Waals surface area contributed by atoms with E-state index in [1.54, 1.807) is 0 Å². The molecule has 0 bridgehead atoms. The third-order valence-corrected chi connectivity index (χ3v) is 2.60. The van der Waals surface area contributed by atoms with Crippen LogP contribution in [0.25, 0.3) is 0 Å². The van der Waals surface area contributed by atoms with Crippen molar-refractivity contribution in [2.75, 3.05) is 13.1 Å². The Morgan fingerprint density at radius 3 is 2.60 bits per heavy atom. The van der Waals surface area contributed by atoms with E-state index in [2.05, 4.69) is 10.6 Å². The second-order valence-corrected chi connectivity index (χ2v) is 4.16. The zero-order chi connectivity index (χ0) is 11.5. The number of hydrogen-bond acceptors (Lipinski definition) is 2. The molecule has 0 spiro atoms. The fraction of sp³-hybridized carbons (Fsp3) is 0.900. The Morgan fingerprint density at radius 2 is 2.13 bits per heavy atom. The fourth-order valence-corrected chi connectivity index (χ4v) is 1.67. The van der Waals surface area contributed by atoms with Gasteiger partial charge in [-0.3, -0.25) is 4.79 Å². The second-order valence-electron chi connectivity index (χ2n) is 4.16. The third-order valence-electron chi connectivity index (χ3n) is 2.60. The van der Waals surface area contributed by atoms with E-state index in [9.17, 15) is 13.6 Å². The summed E-state index contributed by atoms with van der Waals surface area (Å²) in [7, 11) is 0. The largest absolute Gasteiger partial charge is 0.354 e. The molecule has 0 heterocycles. The highest BCUT2D eigenvalue weighted by atomic mass is 19.3. The number of nitrogens with one attached hydrogen (secondary N) is 2. The topological polar surface area (TPSA) is 41.1 Å². The van der Waals surface area contributed by atoms with Crippen LogP contribution in [0.3, 0.4) is 0 Å². The summed E-state index contributed by atoms with van der Waals surface area (Å²) in [6.07, 6.45) is -0.594. The van der Waals surface area contributed by atoms with Crippen molar-refractivity contribution in [3.63, 3.8) is 0 Å². The molecule has 1 fully saturated rings. The SMILES string of the molecule is CCN[C@H](C)CNC(=O)C1CC(F)(F)C1. The molecule has 0 unspecified atom stereocenters. The van der Waals surface area contributed by atoms with Crippen LogP contribution in [0.15, 0.2) is 0 Å². The van der Waals surface area contributed by atoms with Crippen LogP contribution in [0.4, 0.5) is 8.78 Å². The van der Waals surface area contributed by atoms with E-state index in [1.165, 1.54) is 0 Å². The summed E-state index contributed by atoms with van der Waals surface area (Å²) >= 11 is 0. The molecule has 5 heteroatoms. The first-order valence-electron chi connectivity index (χ1n) is 5.33. The van der Waals surface area contributed by atoms with Crippen LogP contribution in [-0.2, 0) is 4.79 Å². The van der Waals surface area contributed by atoms with E-state index in [4.69, 9.17) is 0 Å². The Bertz CT molecular complexity index is 225. The van der Waals surface area contributed by atoms with Gasteiger partial charge < -0.3 is 10.6 Å². The van der Waals surface area contributed by atoms with Gasteiger partial charge >= 0.3 is 0 Å². The van der Waals surface area contributed by atoms with Crippen LogP contribution in [-0.4, -0.2) is 31.0 Å². The van der Waals surface area contributed by atoms with Crippen LogP contribution in [0, 0.1) is 5.92 Å². The van der Waals surface area contributed by atoms with Crippen molar-refractivity contribution in [2.45, 2.75) is 38.7 Å². The summed E-state index contributed by atoms with van der Waals surface area (Å²) in [6, 6.07) is 0.180. The first kappa shape index (κ1) is 12.4. The summed E-state index contributed by atoms with van der Waals surface area (Å²) in [5.74, 6) is -3.35. The van der Waals surface area contributed by atoms with Gasteiger partial charge in [-0.15, -0.1) is 0 Å². The van der Waals surface area contributed by atoms with E-state index in [-0.39, 0.29) is 24.8 Å². The maximum Gasteiger partial charge on any atom is 0.249 e. The monoisotopic (exact) mass is 220 g/mol. The van der Waals surface area contributed by atoms with Gasteiger partial charge in [0.1, 0.15) is 0 Å². The molecule has 1 saturated carbocycles. The van der Waals surface area contributed by atoms with Gasteiger partial charge in [-0.25, -0.2) is 8.78 Å². The average molecular weight is 220 g/mol. The van der Waals surface area contributed by atoms with Gasteiger partial charge in [-0.1, -0.05) is 6.92 Å². The lowest BCUT2D eigenvalue weighted by atomic mass is 9.81. The lowest BCUT2D eigenvalue weighted by Crippen LogP contribution is -2.47. The first-order chi connectivity index (χ1) is 6.94. The molecule has 0 aliphatic heterocycles. The van der Waals surface area contributed by atoms with E-state index >= 15 is 0 Å². The molecule has 0 saturated heterocycles. The Hall–Kier alpha value is -0.710. The number of likely N-dealkylation sites (N-methyl/N-ethyl adjacent to an activating group) is 1. The molecule has 0 aromatic carbocycles. The minimum atomic E-state index is -2.62. The number of alkyl halides is 2. The minimum Gasteiger partial charge on any atom is -0.354 e. The van der Waals surface area contributed by atoms with Gasteiger partial charge in [0.25, 0.3) is 0 Å². The van der Waals surface area contributed by atoms with Crippen LogP contribution < -0.4 is 10.6 Å². The molecule has 1 rings (SSSR count). The Labute approximate surface area is 88.6 Å². The van der Waals surface area contributed by atoms with Gasteiger partial charge in [-0.05, 0) is 13.5 Å². The molecular formula is C10H18F2N2O. The molecule has 1 amide bonds. The standard InChI is InChI=1S/C10H18F2N2O/c1-3-13-7(2)6-14-9(15)8-4-10(11,12)5-8/h7-8,13H,3-6H2,1-2H3,(H,14,15)/t7-/m1/s1. The summed E-state index contributed by atoms with van der Waals surface area (Å²) in [5.41, 5.74) is 0. The summed E-state index contributed by atoms with van der Waals surface area (Å²) in [6.45, 7) is 5.25. The predicted octanol–water partition coefficient (Wildman–Crippen LogP) is 1.15. The number of halogens is 2. The predicted molar refractivity (Wildman–Crippen MR) is 53.8 cm³/mol. The Balaban J connectivity index is 2.15. The summed E-state index contributed by atoms with van der Waals surface area (Å²) < 4.78 is 25.0. The van der Waals surface area contributed by atoms with Crippen molar-refractivity contribution in [3.05, 3.63) is 0 Å². The van der Waals surface area contributed by atoms with Crippen molar-refractivity contribution in [1.29, 1.82) is 0 Å². The zero-order valence-corrected chi connectivity index (χ0v) is 9.15. The molecule has 88 valence electrons. The number of carbonyl (C=O) groups excluding carboxylic acids is 1. The molecule has 0 radical (unpaired) electrons. The van der Waals surface area contributed by atoms with Gasteiger partial charge in [0, 0.05) is 31.3 Å². The smallest absolute Gasteiger partial charge is 0.249 e. The van der Waals surface area contributed by atoms with Crippen LogP contribution in [0.1, 0.15) is 26.7 Å². The lowest BCUT2D eigenvalue weighted by molar-refractivity contribution is -0.150. The van der Waals surface area contributed by atoms with E-state index < -0.39 is 11.8 Å². The molecule has 1 aliphatic carbocycles. The lowest BCUT2D eigenvalue weighted by Gasteiger charge is -2.33. The molecule has 0 aromatic rings. The second kappa shape index (κ2) is 4.88. The highest BCUT2D eigenvalue weighted by molar-refractivity contribution is 5.79. The minimum absolute atomic E-state index is 0.180. The Morgan fingerprint density at radius 1 is 1.53 bits per heavy atom. The fourth-order valence-electron chi connectivity index (χ4n) is 1.67. The highest BCUT2D eigenvalue weighted by Crippen LogP contribution is 2.42. The van der Waals surface area contributed by atoms with Crippen molar-refractivity contribution in [1.82, 2.24) is 10.6 Å². The van der Waals surface area contributed by atoms with E-state index in [1.807, 2.05) is 13.8 Å². The highest BCUT2D eigenvalue weighted by Gasteiger charge is 2.48. The number of carbonyl (C=O) groups is 1. The zero-order valence-electron chi connectivity index (χ0n) is 9.15. The molecule has 0 aromatic heterocycles. The van der Waals surface area contributed by atoms with E-state index in [0.717, 1.165) is 6.54 Å². The van der Waals surface area contributed by atoms with E-state index in [0.29, 0.717) is 6.54 Å². The molecule has 1 atom stereocenters. The third kappa shape index (κ3) is 3.74. The normalized spacial score (nSPS) is 21.9. The van der Waals surface area contributed by atoms with Crippen molar-refractivity contribution >= 4 is 5.91 Å². The summed E-state index contributed by atoms with van der Waals surface area (Å²) in [5, 5.41) is 5.80. The van der Waals surface area contributed by atoms with Gasteiger partial charge in [0.2, 0.25) is 11.8 Å². The molecule has 15 heavy (non-hydrogen) atoms. The molecule has 3 nitrogen and oxygen atoms in total. The van der Waals surface area contributed by atoms with Gasteiger partial charge in [-0.2, -0.15) is 0 Å². The molecule has 2 N–H and O–H groups in total. The Kier molecular flexibility index (Phi) is 4.02. The first-order valence-corrected chi connectivity index (χ1v) is 5.33. The summed E-state index contributed by atoms with van der Waals surface area (Å²) in [4.78, 5) is 11.3. The maximum atomic E-state index is 12.5. The number of rotatable bonds is 5. The molecular weight excluding hydrogens is 202 g/mol. The van der Waals surface area contributed by atoms with Crippen LogP contribution in [0.2, 0.25) is 0 Å². The van der Waals surface area contributed by atoms with Crippen molar-refractivity contribution < 1.29 is 13.6 Å². The van der Waals surface area contributed by atoms with Crippen molar-refractivity contribution in [2.24, 2.45) is 5.92 Å². The quantitative estimate of drug-likeness (QED) is 0.729.